The Balaban J connectivity index is 2.00. The van der Waals surface area contributed by atoms with Gasteiger partial charge < -0.3 is 4.74 Å². The lowest BCUT2D eigenvalue weighted by Crippen LogP contribution is -2.04. The summed E-state index contributed by atoms with van der Waals surface area (Å²) in [6.45, 7) is 4.69. The molecule has 4 heteroatoms. The summed E-state index contributed by atoms with van der Waals surface area (Å²) in [6, 6.07) is 12.4. The van der Waals surface area contributed by atoms with Crippen LogP contribution < -0.4 is 4.74 Å². The van der Waals surface area contributed by atoms with E-state index in [1.807, 2.05) is 13.8 Å². The summed E-state index contributed by atoms with van der Waals surface area (Å²) in [6.07, 6.45) is 0. The molecule has 0 aliphatic heterocycles. The molecule has 0 unspecified atom stereocenters. The van der Waals surface area contributed by atoms with Crippen molar-refractivity contribution in [1.82, 2.24) is 0 Å². The number of ether oxygens (including phenoxy) is 1. The van der Waals surface area contributed by atoms with Crippen molar-refractivity contribution in [2.24, 2.45) is 5.92 Å². The second-order valence-corrected chi connectivity index (χ2v) is 6.12. The Morgan fingerprint density at radius 3 is 2.17 bits per heavy atom. The van der Waals surface area contributed by atoms with Gasteiger partial charge in [0.2, 0.25) is 0 Å². The molecule has 0 aromatic heterocycles. The largest absolute Gasteiger partial charge is 0.493 e. The van der Waals surface area contributed by atoms with Crippen LogP contribution >= 0.6 is 0 Å². The number of halogens is 3. The van der Waals surface area contributed by atoms with Crippen molar-refractivity contribution in [1.29, 1.82) is 0 Å². The van der Waals surface area contributed by atoms with E-state index in [0.717, 1.165) is 6.07 Å². The van der Waals surface area contributed by atoms with Gasteiger partial charge >= 0.3 is 0 Å². The molecule has 0 saturated carbocycles. The molecule has 0 radical (unpaired) electrons. The van der Waals surface area contributed by atoms with Crippen LogP contribution in [0.2, 0.25) is 0 Å². The van der Waals surface area contributed by atoms with Crippen LogP contribution in [0.5, 0.6) is 5.75 Å². The number of hydrogen-bond donors (Lipinski definition) is 0. The fraction of sp³-hybridized carbons (Fsp3) is 0.200. The van der Waals surface area contributed by atoms with Gasteiger partial charge in [0.1, 0.15) is 11.6 Å². The monoisotopic (exact) mass is 330 g/mol. The Labute approximate surface area is 138 Å². The maximum atomic E-state index is 14.7. The molecule has 0 aliphatic rings. The van der Waals surface area contributed by atoms with Crippen LogP contribution in [0, 0.1) is 23.4 Å². The van der Waals surface area contributed by atoms with Gasteiger partial charge in [-0.2, -0.15) is 0 Å². The highest BCUT2D eigenvalue weighted by Gasteiger charge is 2.15. The summed E-state index contributed by atoms with van der Waals surface area (Å²) < 4.78 is 47.7. The average Bonchev–Trinajstić information content (AvgIpc) is 2.57. The molecule has 0 N–H and O–H groups in total. The maximum absolute atomic E-state index is 14.7. The van der Waals surface area contributed by atoms with Gasteiger partial charge in [-0.3, -0.25) is 0 Å². The summed E-state index contributed by atoms with van der Waals surface area (Å²) in [4.78, 5) is 0. The van der Waals surface area contributed by atoms with Gasteiger partial charge in [-0.05, 0) is 35.1 Å². The molecule has 3 aromatic carbocycles. The number of hydrogen-bond acceptors (Lipinski definition) is 1. The Kier molecular flexibility index (Phi) is 4.47. The van der Waals surface area contributed by atoms with E-state index in [1.54, 1.807) is 36.4 Å². The fourth-order valence-electron chi connectivity index (χ4n) is 2.53. The van der Waals surface area contributed by atoms with Crippen molar-refractivity contribution in [3.63, 3.8) is 0 Å². The summed E-state index contributed by atoms with van der Waals surface area (Å²) in [5.74, 6) is -1.90. The van der Waals surface area contributed by atoms with Crippen LogP contribution in [-0.4, -0.2) is 6.61 Å². The molecule has 0 bridgehead atoms. The Morgan fingerprint density at radius 1 is 0.833 bits per heavy atom. The highest BCUT2D eigenvalue weighted by molar-refractivity contribution is 5.88. The van der Waals surface area contributed by atoms with E-state index in [4.69, 9.17) is 4.74 Å². The van der Waals surface area contributed by atoms with Crippen molar-refractivity contribution >= 4 is 10.8 Å². The van der Waals surface area contributed by atoms with Gasteiger partial charge in [-0.1, -0.05) is 44.2 Å². The summed E-state index contributed by atoms with van der Waals surface area (Å²) >= 11 is 0. The van der Waals surface area contributed by atoms with Gasteiger partial charge in [0, 0.05) is 5.56 Å². The molecular formula is C20H17F3O. The highest BCUT2D eigenvalue weighted by Crippen LogP contribution is 2.32. The van der Waals surface area contributed by atoms with Crippen LogP contribution in [0.1, 0.15) is 13.8 Å². The van der Waals surface area contributed by atoms with E-state index < -0.39 is 17.5 Å². The van der Waals surface area contributed by atoms with E-state index in [0.29, 0.717) is 29.2 Å². The Hall–Kier alpha value is -2.49. The number of rotatable bonds is 4. The van der Waals surface area contributed by atoms with Crippen molar-refractivity contribution < 1.29 is 17.9 Å². The molecule has 0 amide bonds. The van der Waals surface area contributed by atoms with Crippen LogP contribution in [0.4, 0.5) is 13.2 Å². The smallest absolute Gasteiger partial charge is 0.169 e. The predicted molar refractivity (Wildman–Crippen MR) is 89.6 cm³/mol. The molecule has 3 aromatic rings. The first-order chi connectivity index (χ1) is 11.5. The van der Waals surface area contributed by atoms with Gasteiger partial charge in [0.15, 0.2) is 11.6 Å². The molecule has 1 nitrogen and oxygen atoms in total. The molecule has 0 saturated heterocycles. The zero-order valence-electron chi connectivity index (χ0n) is 13.4. The second kappa shape index (κ2) is 6.56. The highest BCUT2D eigenvalue weighted by atomic mass is 19.2. The Bertz CT molecular complexity index is 870. The third-order valence-corrected chi connectivity index (χ3v) is 3.76. The zero-order chi connectivity index (χ0) is 17.3. The van der Waals surface area contributed by atoms with Crippen LogP contribution in [0.3, 0.4) is 0 Å². The molecule has 0 heterocycles. The average molecular weight is 330 g/mol. The molecule has 0 atom stereocenters. The van der Waals surface area contributed by atoms with E-state index in [1.165, 1.54) is 6.07 Å². The van der Waals surface area contributed by atoms with Crippen LogP contribution in [-0.2, 0) is 0 Å². The minimum Gasteiger partial charge on any atom is -0.493 e. The molecule has 124 valence electrons. The van der Waals surface area contributed by atoms with Crippen molar-refractivity contribution in [2.75, 3.05) is 6.61 Å². The Morgan fingerprint density at radius 2 is 1.50 bits per heavy atom. The molecule has 3 rings (SSSR count). The quantitative estimate of drug-likeness (QED) is 0.573. The molecule has 0 aliphatic carbocycles. The van der Waals surface area contributed by atoms with Crippen molar-refractivity contribution in [3.8, 4) is 16.9 Å². The van der Waals surface area contributed by atoms with E-state index >= 15 is 0 Å². The maximum Gasteiger partial charge on any atom is 0.169 e. The third-order valence-electron chi connectivity index (χ3n) is 3.76. The molecular weight excluding hydrogens is 313 g/mol. The van der Waals surface area contributed by atoms with Crippen LogP contribution in [0.25, 0.3) is 21.9 Å². The minimum absolute atomic E-state index is 0.224. The first-order valence-corrected chi connectivity index (χ1v) is 7.77. The SMILES string of the molecule is CC(C)COc1ccc(-c2ccc3ccc(F)c(F)c3c2F)cc1. The summed E-state index contributed by atoms with van der Waals surface area (Å²) in [7, 11) is 0. The number of fused-ring (bicyclic) bond motifs is 1. The fourth-order valence-corrected chi connectivity index (χ4v) is 2.53. The zero-order valence-corrected chi connectivity index (χ0v) is 13.4. The topological polar surface area (TPSA) is 9.23 Å². The first-order valence-electron chi connectivity index (χ1n) is 7.77. The predicted octanol–water partition coefficient (Wildman–Crippen LogP) is 5.96. The number of benzene rings is 3. The first kappa shape index (κ1) is 16.4. The van der Waals surface area contributed by atoms with Crippen molar-refractivity contribution in [2.45, 2.75) is 13.8 Å². The van der Waals surface area contributed by atoms with Gasteiger partial charge in [-0.25, -0.2) is 13.2 Å². The second-order valence-electron chi connectivity index (χ2n) is 6.12. The lowest BCUT2D eigenvalue weighted by molar-refractivity contribution is 0.271. The van der Waals surface area contributed by atoms with E-state index in [2.05, 4.69) is 0 Å². The summed E-state index contributed by atoms with van der Waals surface area (Å²) in [5, 5.41) is -0.000304. The minimum atomic E-state index is -1.16. The van der Waals surface area contributed by atoms with E-state index in [9.17, 15) is 13.2 Å². The lowest BCUT2D eigenvalue weighted by atomic mass is 10.00. The normalized spacial score (nSPS) is 11.2. The van der Waals surface area contributed by atoms with Crippen molar-refractivity contribution in [3.05, 3.63) is 66.0 Å². The summed E-state index contributed by atoms with van der Waals surface area (Å²) in [5.41, 5.74) is 0.803. The van der Waals surface area contributed by atoms with Gasteiger partial charge in [0.05, 0.1) is 12.0 Å². The third kappa shape index (κ3) is 3.09. The molecule has 24 heavy (non-hydrogen) atoms. The lowest BCUT2D eigenvalue weighted by Gasteiger charge is -2.11. The molecule has 0 spiro atoms. The van der Waals surface area contributed by atoms with Gasteiger partial charge in [-0.15, -0.1) is 0 Å². The van der Waals surface area contributed by atoms with Crippen LogP contribution in [0.15, 0.2) is 48.5 Å². The molecule has 0 fully saturated rings. The van der Waals surface area contributed by atoms with Gasteiger partial charge in [0.25, 0.3) is 0 Å². The standard InChI is InChI=1S/C20H17F3O/c1-12(2)11-24-15-7-3-13(4-8-15)16-9-5-14-6-10-17(21)20(23)18(14)19(16)22/h3-10,12H,11H2,1-2H3. The van der Waals surface area contributed by atoms with E-state index in [-0.39, 0.29) is 10.9 Å².